The summed E-state index contributed by atoms with van der Waals surface area (Å²) in [4.78, 5) is 11.8. The summed E-state index contributed by atoms with van der Waals surface area (Å²) in [6, 6.07) is 5.02. The number of hydrogen-bond acceptors (Lipinski definition) is 5. The van der Waals surface area contributed by atoms with E-state index in [9.17, 15) is 4.79 Å². The number of esters is 1. The summed E-state index contributed by atoms with van der Waals surface area (Å²) in [5.74, 6) is 0.699. The first-order valence-electron chi connectivity index (χ1n) is 5.84. The molecule has 1 atom stereocenters. The molecule has 18 heavy (non-hydrogen) atoms. The predicted octanol–water partition coefficient (Wildman–Crippen LogP) is 1.65. The molecule has 1 unspecified atom stereocenters. The van der Waals surface area contributed by atoms with E-state index in [1.54, 1.807) is 32.2 Å². The van der Waals surface area contributed by atoms with Crippen LogP contribution in [0, 0.1) is 0 Å². The molecule has 1 aromatic carbocycles. The first-order valence-corrected chi connectivity index (χ1v) is 5.84. The zero-order chi connectivity index (χ0) is 13.0. The number of benzene rings is 1. The highest BCUT2D eigenvalue weighted by atomic mass is 16.6. The minimum absolute atomic E-state index is 0.131. The summed E-state index contributed by atoms with van der Waals surface area (Å²) in [5, 5.41) is 0. The molecule has 98 valence electrons. The van der Waals surface area contributed by atoms with Gasteiger partial charge < -0.3 is 18.9 Å². The molecule has 1 aromatic rings. The summed E-state index contributed by atoms with van der Waals surface area (Å²) >= 11 is 0. The number of methoxy groups -OCH3 is 1. The lowest BCUT2D eigenvalue weighted by Crippen LogP contribution is -2.11. The summed E-state index contributed by atoms with van der Waals surface area (Å²) in [7, 11) is 1.56. The van der Waals surface area contributed by atoms with Crippen LogP contribution in [-0.4, -0.2) is 39.0 Å². The Kier molecular flexibility index (Phi) is 4.04. The van der Waals surface area contributed by atoms with E-state index in [0.29, 0.717) is 36.9 Å². The molecule has 0 aliphatic carbocycles. The quantitative estimate of drug-likeness (QED) is 0.569. The van der Waals surface area contributed by atoms with E-state index in [2.05, 4.69) is 0 Å². The van der Waals surface area contributed by atoms with Gasteiger partial charge in [-0.15, -0.1) is 0 Å². The number of hydrogen-bond donors (Lipinski definition) is 0. The summed E-state index contributed by atoms with van der Waals surface area (Å²) in [6.45, 7) is 3.23. The highest BCUT2D eigenvalue weighted by molar-refractivity contribution is 5.92. The van der Waals surface area contributed by atoms with E-state index in [0.717, 1.165) is 0 Å². The fraction of sp³-hybridized carbons (Fsp3) is 0.462. The number of rotatable bonds is 6. The first-order chi connectivity index (χ1) is 8.74. The Morgan fingerprint density at radius 1 is 1.50 bits per heavy atom. The smallest absolute Gasteiger partial charge is 0.341 e. The van der Waals surface area contributed by atoms with Crippen LogP contribution in [0.25, 0.3) is 0 Å². The Morgan fingerprint density at radius 3 is 2.89 bits per heavy atom. The average Bonchev–Trinajstić information content (AvgIpc) is 3.20. The molecule has 0 bridgehead atoms. The van der Waals surface area contributed by atoms with Gasteiger partial charge in [-0.1, -0.05) is 0 Å². The lowest BCUT2D eigenvalue weighted by Gasteiger charge is -2.11. The van der Waals surface area contributed by atoms with Crippen LogP contribution < -0.4 is 9.47 Å². The molecule has 1 aliphatic heterocycles. The van der Waals surface area contributed by atoms with Crippen LogP contribution in [0.5, 0.6) is 11.5 Å². The largest absolute Gasteiger partial charge is 0.497 e. The number of carbonyl (C=O) groups excluding carboxylic acids is 1. The van der Waals surface area contributed by atoms with E-state index >= 15 is 0 Å². The lowest BCUT2D eigenvalue weighted by atomic mass is 10.2. The van der Waals surface area contributed by atoms with Crippen molar-refractivity contribution in [2.45, 2.75) is 13.0 Å². The van der Waals surface area contributed by atoms with Crippen molar-refractivity contribution in [3.8, 4) is 11.5 Å². The molecule has 2 rings (SSSR count). The molecule has 1 aliphatic rings. The molecule has 1 heterocycles. The van der Waals surface area contributed by atoms with Gasteiger partial charge in [-0.25, -0.2) is 4.79 Å². The van der Waals surface area contributed by atoms with Gasteiger partial charge in [0.2, 0.25) is 0 Å². The third kappa shape index (κ3) is 3.13. The van der Waals surface area contributed by atoms with Gasteiger partial charge in [0.25, 0.3) is 0 Å². The lowest BCUT2D eigenvalue weighted by molar-refractivity contribution is 0.0521. The van der Waals surface area contributed by atoms with Crippen LogP contribution in [-0.2, 0) is 9.47 Å². The van der Waals surface area contributed by atoms with Crippen LogP contribution in [0.3, 0.4) is 0 Å². The SMILES string of the molecule is CCOC(=O)c1ccc(OC)cc1OCC1CO1. The summed E-state index contributed by atoms with van der Waals surface area (Å²) in [6.07, 6.45) is 0.131. The molecule has 0 spiro atoms. The Labute approximate surface area is 106 Å². The van der Waals surface area contributed by atoms with Crippen LogP contribution in [0.4, 0.5) is 0 Å². The maximum absolute atomic E-state index is 11.8. The van der Waals surface area contributed by atoms with Gasteiger partial charge >= 0.3 is 5.97 Å². The van der Waals surface area contributed by atoms with Gasteiger partial charge in [0.1, 0.15) is 29.8 Å². The Bertz CT molecular complexity index is 425. The van der Waals surface area contributed by atoms with Crippen molar-refractivity contribution >= 4 is 5.97 Å². The van der Waals surface area contributed by atoms with E-state index in [1.165, 1.54) is 0 Å². The molecular weight excluding hydrogens is 236 g/mol. The summed E-state index contributed by atoms with van der Waals surface area (Å²) < 4.78 is 20.7. The Morgan fingerprint density at radius 2 is 2.28 bits per heavy atom. The third-order valence-corrected chi connectivity index (χ3v) is 2.51. The molecule has 0 aromatic heterocycles. The second-order valence-corrected chi connectivity index (χ2v) is 3.85. The second-order valence-electron chi connectivity index (χ2n) is 3.85. The molecule has 0 saturated carbocycles. The predicted molar refractivity (Wildman–Crippen MR) is 64.2 cm³/mol. The van der Waals surface area contributed by atoms with Crippen LogP contribution in [0.2, 0.25) is 0 Å². The highest BCUT2D eigenvalue weighted by Crippen LogP contribution is 2.26. The van der Waals surface area contributed by atoms with E-state index in [4.69, 9.17) is 18.9 Å². The number of carbonyl (C=O) groups is 1. The molecule has 0 N–H and O–H groups in total. The molecular formula is C13H16O5. The standard InChI is InChI=1S/C13H16O5/c1-3-16-13(14)11-5-4-9(15-2)6-12(11)18-8-10-7-17-10/h4-6,10H,3,7-8H2,1-2H3. The van der Waals surface area contributed by atoms with E-state index in [1.807, 2.05) is 0 Å². The monoisotopic (exact) mass is 252 g/mol. The minimum Gasteiger partial charge on any atom is -0.497 e. The molecule has 1 saturated heterocycles. The normalized spacial score (nSPS) is 17.1. The number of epoxide rings is 1. The van der Waals surface area contributed by atoms with Crippen molar-refractivity contribution in [1.82, 2.24) is 0 Å². The zero-order valence-electron chi connectivity index (χ0n) is 10.5. The maximum atomic E-state index is 11.8. The third-order valence-electron chi connectivity index (χ3n) is 2.51. The van der Waals surface area contributed by atoms with Crippen molar-refractivity contribution in [2.24, 2.45) is 0 Å². The Hall–Kier alpha value is -1.75. The summed E-state index contributed by atoms with van der Waals surface area (Å²) in [5.41, 5.74) is 0.401. The molecule has 5 nitrogen and oxygen atoms in total. The van der Waals surface area contributed by atoms with Gasteiger partial charge in [-0.3, -0.25) is 0 Å². The topological polar surface area (TPSA) is 57.3 Å². The Balaban J connectivity index is 2.16. The van der Waals surface area contributed by atoms with Crippen molar-refractivity contribution in [1.29, 1.82) is 0 Å². The molecule has 1 fully saturated rings. The van der Waals surface area contributed by atoms with Gasteiger partial charge in [-0.2, -0.15) is 0 Å². The molecule has 0 radical (unpaired) electrons. The van der Waals surface area contributed by atoms with Crippen LogP contribution in [0.1, 0.15) is 17.3 Å². The van der Waals surface area contributed by atoms with Crippen molar-refractivity contribution < 1.29 is 23.7 Å². The van der Waals surface area contributed by atoms with Gasteiger partial charge in [0.05, 0.1) is 20.3 Å². The van der Waals surface area contributed by atoms with E-state index < -0.39 is 5.97 Å². The maximum Gasteiger partial charge on any atom is 0.341 e. The van der Waals surface area contributed by atoms with Gasteiger partial charge in [0.15, 0.2) is 0 Å². The van der Waals surface area contributed by atoms with Crippen LogP contribution >= 0.6 is 0 Å². The number of ether oxygens (including phenoxy) is 4. The first kappa shape index (κ1) is 12.7. The van der Waals surface area contributed by atoms with Crippen molar-refractivity contribution in [3.63, 3.8) is 0 Å². The highest BCUT2D eigenvalue weighted by Gasteiger charge is 2.24. The van der Waals surface area contributed by atoms with Crippen molar-refractivity contribution in [2.75, 3.05) is 26.9 Å². The van der Waals surface area contributed by atoms with Gasteiger partial charge in [-0.05, 0) is 19.1 Å². The van der Waals surface area contributed by atoms with E-state index in [-0.39, 0.29) is 6.10 Å². The van der Waals surface area contributed by atoms with Gasteiger partial charge in [0, 0.05) is 6.07 Å². The zero-order valence-corrected chi connectivity index (χ0v) is 10.5. The van der Waals surface area contributed by atoms with Crippen molar-refractivity contribution in [3.05, 3.63) is 23.8 Å². The fourth-order valence-corrected chi connectivity index (χ4v) is 1.47. The molecule has 5 heteroatoms. The second kappa shape index (κ2) is 5.73. The molecule has 0 amide bonds. The average molecular weight is 252 g/mol. The van der Waals surface area contributed by atoms with Crippen LogP contribution in [0.15, 0.2) is 18.2 Å². The fourth-order valence-electron chi connectivity index (χ4n) is 1.47. The minimum atomic E-state index is -0.396.